The van der Waals surface area contributed by atoms with Gasteiger partial charge in [0.15, 0.2) is 0 Å². The van der Waals surface area contributed by atoms with Gasteiger partial charge in [0.2, 0.25) is 0 Å². The van der Waals surface area contributed by atoms with Gasteiger partial charge in [-0.1, -0.05) is 99.2 Å². The molecule has 0 amide bonds. The quantitative estimate of drug-likeness (QED) is 0.166. The molecule has 0 atom stereocenters. The first-order valence-corrected chi connectivity index (χ1v) is 17.1. The zero-order valence-electron chi connectivity index (χ0n) is 41.6. The van der Waals surface area contributed by atoms with E-state index in [1.165, 1.54) is 30.6 Å². The van der Waals surface area contributed by atoms with Gasteiger partial charge in [-0.2, -0.15) is 0 Å². The predicted octanol–water partition coefficient (Wildman–Crippen LogP) is 12.9. The van der Waals surface area contributed by atoms with Crippen molar-refractivity contribution in [1.82, 2.24) is 15.0 Å². The monoisotopic (exact) mass is 892 g/mol. The first-order valence-electron chi connectivity index (χ1n) is 23.1. The Balaban J connectivity index is 0.000000260. The van der Waals surface area contributed by atoms with Gasteiger partial charge in [0, 0.05) is 76.2 Å². The molecule has 0 fully saturated rings. The molecule has 4 heterocycles. The van der Waals surface area contributed by atoms with E-state index in [0.29, 0.717) is 44.6 Å². The molecule has 0 aliphatic heterocycles. The molecule has 0 bridgehead atoms. The average Bonchev–Trinajstić information content (AvgIpc) is 3.64. The zero-order valence-corrected chi connectivity index (χ0v) is 32.0. The summed E-state index contributed by atoms with van der Waals surface area (Å²) >= 11 is 0. The van der Waals surface area contributed by atoms with Crippen molar-refractivity contribution in [3.63, 3.8) is 0 Å². The van der Waals surface area contributed by atoms with Crippen LogP contribution in [0.4, 0.5) is 0 Å². The SMILES string of the molecule is [2H]C([2H])([2H])c1c[c-]c(-c2ccc(C([2H])([2H])[2H])cn2)cc1.[2H]C([2H])([2H])c1cnc(-c2[c-]ccc3c2oc2c4ccccc4ccc32)cc1-c1cc2ccc(C(C)(C)C)nc2cc1C([2H])([2H])[2H].[Ir]. The molecule has 54 heavy (non-hydrogen) atoms. The number of nitrogens with zero attached hydrogens (tertiary/aromatic N) is 3. The zero-order chi connectivity index (χ0) is 46.9. The Hall–Kier alpha value is -5.48. The van der Waals surface area contributed by atoms with E-state index in [1.807, 2.05) is 69.3 Å². The number of fused-ring (bicyclic) bond motifs is 6. The second kappa shape index (κ2) is 14.7. The fraction of sp³-hybridized carbons (Fsp3) is 0.163. The smallest absolute Gasteiger partial charge is 0.128 e. The van der Waals surface area contributed by atoms with Crippen LogP contribution >= 0.6 is 0 Å². The minimum absolute atomic E-state index is 0. The van der Waals surface area contributed by atoms with Crippen molar-refractivity contribution < 1.29 is 41.0 Å². The number of benzene rings is 5. The third kappa shape index (κ3) is 7.10. The first kappa shape index (κ1) is 24.8. The topological polar surface area (TPSA) is 51.8 Å². The first-order chi connectivity index (χ1) is 30.4. The molecule has 1 radical (unpaired) electrons. The maximum atomic E-state index is 8.42. The van der Waals surface area contributed by atoms with E-state index >= 15 is 0 Å². The van der Waals surface area contributed by atoms with Crippen molar-refractivity contribution >= 4 is 43.6 Å². The van der Waals surface area contributed by atoms with Crippen molar-refractivity contribution in [2.75, 3.05) is 0 Å². The fourth-order valence-electron chi connectivity index (χ4n) is 6.42. The molecule has 4 aromatic heterocycles. The van der Waals surface area contributed by atoms with E-state index in [4.69, 9.17) is 25.9 Å². The Morgan fingerprint density at radius 2 is 1.41 bits per heavy atom. The summed E-state index contributed by atoms with van der Waals surface area (Å²) in [5, 5.41) is 4.56. The van der Waals surface area contributed by atoms with Gasteiger partial charge in [0.1, 0.15) is 5.58 Å². The van der Waals surface area contributed by atoms with Crippen LogP contribution in [0.3, 0.4) is 0 Å². The minimum Gasteiger partial charge on any atom is -0.500 e. The molecule has 5 heteroatoms. The van der Waals surface area contributed by atoms with Crippen LogP contribution in [0.1, 0.15) is 65.2 Å². The summed E-state index contributed by atoms with van der Waals surface area (Å²) in [5.41, 5.74) is 5.50. The van der Waals surface area contributed by atoms with Crippen LogP contribution in [-0.4, -0.2) is 15.0 Å². The van der Waals surface area contributed by atoms with Crippen LogP contribution in [0.15, 0.2) is 126 Å². The summed E-state index contributed by atoms with van der Waals surface area (Å²) in [6, 6.07) is 38.3. The second-order valence-electron chi connectivity index (χ2n) is 13.9. The van der Waals surface area contributed by atoms with Crippen LogP contribution in [0.5, 0.6) is 0 Å². The Kier molecular flexibility index (Phi) is 6.76. The van der Waals surface area contributed by atoms with Crippen LogP contribution in [-0.2, 0) is 25.5 Å². The maximum Gasteiger partial charge on any atom is 0.128 e. The summed E-state index contributed by atoms with van der Waals surface area (Å²) in [7, 11) is 0. The Morgan fingerprint density at radius 3 is 2.17 bits per heavy atom. The van der Waals surface area contributed by atoms with E-state index in [2.05, 4.69) is 28.2 Å². The third-order valence-corrected chi connectivity index (χ3v) is 9.22. The molecule has 0 aliphatic rings. The molecule has 0 saturated carbocycles. The predicted molar refractivity (Wildman–Crippen MR) is 220 cm³/mol. The number of aryl methyl sites for hydroxylation is 4. The van der Waals surface area contributed by atoms with Crippen LogP contribution in [0.2, 0.25) is 0 Å². The van der Waals surface area contributed by atoms with Gasteiger partial charge in [-0.25, -0.2) is 0 Å². The van der Waals surface area contributed by atoms with E-state index in [-0.39, 0.29) is 53.3 Å². The van der Waals surface area contributed by atoms with Crippen molar-refractivity contribution in [2.45, 2.75) is 53.6 Å². The normalized spacial score (nSPS) is 15.7. The largest absolute Gasteiger partial charge is 0.500 e. The Bertz CT molecular complexity index is 3180. The van der Waals surface area contributed by atoms with E-state index < -0.39 is 27.4 Å². The van der Waals surface area contributed by atoms with Gasteiger partial charge in [0.05, 0.1) is 11.1 Å². The van der Waals surface area contributed by atoms with Gasteiger partial charge < -0.3 is 14.4 Å². The number of hydrogen-bond acceptors (Lipinski definition) is 4. The number of aromatic nitrogens is 3. The molecule has 0 aliphatic carbocycles. The van der Waals surface area contributed by atoms with Gasteiger partial charge >= 0.3 is 0 Å². The van der Waals surface area contributed by atoms with Gasteiger partial charge in [-0.15, -0.1) is 53.6 Å². The molecule has 269 valence electrons. The van der Waals surface area contributed by atoms with Crippen LogP contribution < -0.4 is 0 Å². The number of rotatable bonds is 3. The second-order valence-corrected chi connectivity index (χ2v) is 13.9. The summed E-state index contributed by atoms with van der Waals surface area (Å²) in [6.07, 6.45) is 2.62. The summed E-state index contributed by atoms with van der Waals surface area (Å²) in [5.74, 6) is 0. The van der Waals surface area contributed by atoms with E-state index in [1.54, 1.807) is 36.4 Å². The minimum atomic E-state index is -2.55. The average molecular weight is 892 g/mol. The van der Waals surface area contributed by atoms with Crippen molar-refractivity contribution in [3.05, 3.63) is 162 Å². The standard InChI is InChI=1S/C36H29N2O.C13H12N.Ir/c1-21-17-31-24(14-16-33(38-31)36(3,4)5)18-29(21)30-19-32(37-20-22(30)2)28-12-8-11-26-27-15-13-23-9-6-7-10-25(23)34(27)39-35(26)28;1-10-3-6-12(7-4-10)13-8-5-11(2)9-14-13;/h6-11,13-20H,1-5H3;3-6,8-9H,1-2H3;/q2*-1;/i2*1D3,2D3;. The number of furan rings is 1. The summed E-state index contributed by atoms with van der Waals surface area (Å²) in [6.45, 7) is -3.29. The molecular weight excluding hydrogens is 839 g/mol. The van der Waals surface area contributed by atoms with Gasteiger partial charge in [0.25, 0.3) is 0 Å². The molecule has 9 rings (SSSR count). The molecule has 9 aromatic rings. The molecule has 0 unspecified atom stereocenters. The van der Waals surface area contributed by atoms with Crippen molar-refractivity contribution in [2.24, 2.45) is 0 Å². The molecule has 0 spiro atoms. The Labute approximate surface area is 347 Å². The molecular formula is C49H41IrN3O-2. The van der Waals surface area contributed by atoms with Gasteiger partial charge in [-0.05, 0) is 83.3 Å². The molecule has 0 N–H and O–H groups in total. The number of pyridine rings is 3. The van der Waals surface area contributed by atoms with Crippen LogP contribution in [0, 0.1) is 39.5 Å². The molecule has 5 aromatic carbocycles. The number of hydrogen-bond donors (Lipinski definition) is 0. The third-order valence-electron chi connectivity index (χ3n) is 9.22. The van der Waals surface area contributed by atoms with E-state index in [9.17, 15) is 0 Å². The Morgan fingerprint density at radius 1 is 0.630 bits per heavy atom. The van der Waals surface area contributed by atoms with E-state index in [0.717, 1.165) is 32.8 Å². The fourth-order valence-corrected chi connectivity index (χ4v) is 6.42. The maximum absolute atomic E-state index is 8.42. The summed E-state index contributed by atoms with van der Waals surface area (Å²) < 4.78 is 100. The molecule has 0 saturated heterocycles. The van der Waals surface area contributed by atoms with Crippen molar-refractivity contribution in [1.29, 1.82) is 0 Å². The van der Waals surface area contributed by atoms with Crippen molar-refractivity contribution in [3.8, 4) is 33.6 Å². The van der Waals surface area contributed by atoms with Crippen LogP contribution in [0.25, 0.3) is 77.3 Å². The molecule has 4 nitrogen and oxygen atoms in total. The van der Waals surface area contributed by atoms with Gasteiger partial charge in [-0.3, -0.25) is 4.98 Å². The summed E-state index contributed by atoms with van der Waals surface area (Å²) in [4.78, 5) is 13.4.